The minimum Gasteiger partial charge on any atom is -0.472 e. The summed E-state index contributed by atoms with van der Waals surface area (Å²) in [5.74, 6) is -3.47. The number of fused-ring (bicyclic) bond motifs is 5. The number of nitrogen functional groups attached to an aromatic ring is 1. The SMILES string of the molecule is Cc1c(C(C)(C)O)nc2c3c(nc(-c4cc(N)cc(F)c4OC(F)(F)F)c(F)c13)OC(C)[C@@H]1[C@@H]3CC[C@](C)(CN21)N3. The number of nitrogens with zero attached hydrogens (tertiary/aromatic N) is 3. The number of hydrogen-bond acceptors (Lipinski definition) is 8. The normalized spacial score (nSPS) is 25.6. The number of aliphatic hydroxyl groups is 1. The first-order valence-electron chi connectivity index (χ1n) is 13.3. The number of aromatic nitrogens is 2. The number of nitrogens with one attached hydrogen (secondary N) is 1. The van der Waals surface area contributed by atoms with Crippen molar-refractivity contribution < 1.29 is 36.5 Å². The van der Waals surface area contributed by atoms with Crippen molar-refractivity contribution >= 4 is 22.3 Å². The second-order valence-electron chi connectivity index (χ2n) is 12.0. The van der Waals surface area contributed by atoms with E-state index in [1.807, 2.05) is 6.92 Å². The summed E-state index contributed by atoms with van der Waals surface area (Å²) < 4.78 is 81.8. The van der Waals surface area contributed by atoms with Gasteiger partial charge in [0, 0.05) is 35.3 Å². The van der Waals surface area contributed by atoms with Crippen LogP contribution in [-0.4, -0.2) is 51.7 Å². The lowest BCUT2D eigenvalue weighted by Crippen LogP contribution is -2.66. The van der Waals surface area contributed by atoms with Gasteiger partial charge in [-0.25, -0.2) is 18.7 Å². The Morgan fingerprint density at radius 2 is 1.90 bits per heavy atom. The molecule has 220 valence electrons. The molecule has 2 bridgehead atoms. The molecule has 1 aromatic carbocycles. The Morgan fingerprint density at radius 3 is 2.56 bits per heavy atom. The fourth-order valence-corrected chi connectivity index (χ4v) is 6.73. The van der Waals surface area contributed by atoms with Crippen LogP contribution in [0.1, 0.15) is 51.8 Å². The summed E-state index contributed by atoms with van der Waals surface area (Å²) in [5, 5.41) is 14.9. The number of aryl methyl sites for hydroxylation is 1. The fourth-order valence-electron chi connectivity index (χ4n) is 6.73. The molecule has 2 aromatic heterocycles. The number of ether oxygens (including phenoxy) is 2. The molecule has 13 heteroatoms. The lowest BCUT2D eigenvalue weighted by molar-refractivity contribution is -0.275. The molecule has 6 rings (SSSR count). The van der Waals surface area contributed by atoms with Crippen LogP contribution in [0.3, 0.4) is 0 Å². The number of benzene rings is 1. The number of piperazine rings is 1. The maximum Gasteiger partial charge on any atom is 0.573 e. The molecule has 4 atom stereocenters. The molecule has 3 aliphatic rings. The summed E-state index contributed by atoms with van der Waals surface area (Å²) in [6.45, 7) is 9.04. The van der Waals surface area contributed by atoms with Gasteiger partial charge in [0.1, 0.15) is 23.2 Å². The predicted molar refractivity (Wildman–Crippen MR) is 142 cm³/mol. The Kier molecular flexibility index (Phi) is 5.93. The van der Waals surface area contributed by atoms with E-state index in [0.29, 0.717) is 18.4 Å². The molecule has 0 saturated carbocycles. The fraction of sp³-hybridized carbons (Fsp3) is 0.500. The van der Waals surface area contributed by atoms with E-state index in [1.54, 1.807) is 6.92 Å². The van der Waals surface area contributed by atoms with Gasteiger partial charge >= 0.3 is 6.36 Å². The van der Waals surface area contributed by atoms with Crippen LogP contribution in [0, 0.1) is 18.6 Å². The quantitative estimate of drug-likeness (QED) is 0.292. The molecule has 41 heavy (non-hydrogen) atoms. The zero-order valence-electron chi connectivity index (χ0n) is 23.1. The van der Waals surface area contributed by atoms with Crippen LogP contribution in [0.25, 0.3) is 22.0 Å². The van der Waals surface area contributed by atoms with Crippen LogP contribution < -0.4 is 25.4 Å². The lowest BCUT2D eigenvalue weighted by atomic mass is 9.93. The number of nitrogens with two attached hydrogens (primary N) is 1. The number of alkyl halides is 3. The van der Waals surface area contributed by atoms with E-state index in [-0.39, 0.29) is 51.2 Å². The second-order valence-corrected chi connectivity index (χ2v) is 12.0. The summed E-state index contributed by atoms with van der Waals surface area (Å²) >= 11 is 0. The third kappa shape index (κ3) is 4.40. The zero-order valence-corrected chi connectivity index (χ0v) is 23.1. The first kappa shape index (κ1) is 27.7. The van der Waals surface area contributed by atoms with E-state index in [4.69, 9.17) is 15.5 Å². The van der Waals surface area contributed by atoms with Gasteiger partial charge in [0.05, 0.1) is 22.7 Å². The van der Waals surface area contributed by atoms with Gasteiger partial charge in [0.25, 0.3) is 0 Å². The zero-order chi connectivity index (χ0) is 29.8. The monoisotopic (exact) mass is 579 g/mol. The molecule has 0 radical (unpaired) electrons. The van der Waals surface area contributed by atoms with E-state index < -0.39 is 46.7 Å². The Balaban J connectivity index is 1.70. The van der Waals surface area contributed by atoms with Crippen molar-refractivity contribution in [3.05, 3.63) is 35.0 Å². The van der Waals surface area contributed by atoms with Crippen molar-refractivity contribution in [1.29, 1.82) is 0 Å². The van der Waals surface area contributed by atoms with E-state index in [9.17, 15) is 22.7 Å². The molecule has 2 fully saturated rings. The summed E-state index contributed by atoms with van der Waals surface area (Å²) in [6, 6.07) is 1.39. The van der Waals surface area contributed by atoms with E-state index in [0.717, 1.165) is 18.9 Å². The van der Waals surface area contributed by atoms with Gasteiger partial charge in [-0.2, -0.15) is 0 Å². The third-order valence-electron chi connectivity index (χ3n) is 8.28. The molecule has 8 nitrogen and oxygen atoms in total. The van der Waals surface area contributed by atoms with Crippen LogP contribution in [0.15, 0.2) is 12.1 Å². The minimum atomic E-state index is -5.28. The first-order chi connectivity index (χ1) is 19.0. The molecular formula is C28H30F5N5O3. The molecule has 5 heterocycles. The van der Waals surface area contributed by atoms with Gasteiger partial charge in [-0.05, 0) is 59.1 Å². The van der Waals surface area contributed by atoms with Gasteiger partial charge < -0.3 is 30.5 Å². The van der Waals surface area contributed by atoms with Crippen molar-refractivity contribution in [1.82, 2.24) is 15.3 Å². The maximum atomic E-state index is 16.7. The van der Waals surface area contributed by atoms with E-state index in [1.165, 1.54) is 13.8 Å². The van der Waals surface area contributed by atoms with Crippen molar-refractivity contribution in [2.75, 3.05) is 17.2 Å². The average Bonchev–Trinajstić information content (AvgIpc) is 3.08. The minimum absolute atomic E-state index is 0.0147. The van der Waals surface area contributed by atoms with Crippen LogP contribution in [0.2, 0.25) is 0 Å². The van der Waals surface area contributed by atoms with Crippen LogP contribution in [0.5, 0.6) is 11.6 Å². The van der Waals surface area contributed by atoms with Gasteiger partial charge in [0.2, 0.25) is 5.88 Å². The standard InChI is InChI=1S/C28H30F5N5O3/c1-11-17-18-24(36-23(11)26(3,4)39)38-10-27(5)7-6-16(37-27)21(38)12(2)40-25(18)35-20(19(17)30)14-8-13(34)9-15(29)22(14)41-28(31,32)33/h8-9,12,16,21,37,39H,6-7,10,34H2,1-5H3/t12?,16-,21+,27+/m0/s1. The van der Waals surface area contributed by atoms with Crippen molar-refractivity contribution in [3.8, 4) is 22.9 Å². The van der Waals surface area contributed by atoms with E-state index >= 15 is 4.39 Å². The van der Waals surface area contributed by atoms with Gasteiger partial charge in [-0.1, -0.05) is 0 Å². The third-order valence-corrected chi connectivity index (χ3v) is 8.28. The molecule has 0 spiro atoms. The maximum absolute atomic E-state index is 16.7. The summed E-state index contributed by atoms with van der Waals surface area (Å²) in [7, 11) is 0. The molecule has 0 amide bonds. The topological polar surface area (TPSA) is 106 Å². The first-order valence-corrected chi connectivity index (χ1v) is 13.3. The van der Waals surface area contributed by atoms with Crippen LogP contribution in [0.4, 0.5) is 33.5 Å². The molecular weight excluding hydrogens is 549 g/mol. The summed E-state index contributed by atoms with van der Waals surface area (Å²) in [5.41, 5.74) is 2.90. The van der Waals surface area contributed by atoms with Crippen molar-refractivity contribution in [2.45, 2.75) is 83.2 Å². The highest BCUT2D eigenvalue weighted by atomic mass is 19.4. The smallest absolute Gasteiger partial charge is 0.472 e. The van der Waals surface area contributed by atoms with Gasteiger partial charge in [-0.15, -0.1) is 13.2 Å². The number of pyridine rings is 2. The van der Waals surface area contributed by atoms with E-state index in [2.05, 4.69) is 26.9 Å². The number of hydrogen-bond donors (Lipinski definition) is 3. The van der Waals surface area contributed by atoms with Crippen LogP contribution in [-0.2, 0) is 5.60 Å². The number of rotatable bonds is 3. The largest absolute Gasteiger partial charge is 0.573 e. The van der Waals surface area contributed by atoms with Gasteiger partial charge in [0.15, 0.2) is 17.4 Å². The number of anilines is 2. The van der Waals surface area contributed by atoms with Crippen molar-refractivity contribution in [2.24, 2.45) is 0 Å². The molecule has 4 N–H and O–H groups in total. The molecule has 3 aromatic rings. The summed E-state index contributed by atoms with van der Waals surface area (Å²) in [4.78, 5) is 11.3. The number of halogens is 5. The second kappa shape index (κ2) is 8.78. The highest BCUT2D eigenvalue weighted by molar-refractivity contribution is 6.02. The Labute approximate surface area is 232 Å². The lowest BCUT2D eigenvalue weighted by Gasteiger charge is -2.47. The summed E-state index contributed by atoms with van der Waals surface area (Å²) in [6.07, 6.45) is -4.01. The Bertz CT molecular complexity index is 1590. The van der Waals surface area contributed by atoms with Gasteiger partial charge in [-0.3, -0.25) is 0 Å². The average molecular weight is 580 g/mol. The molecule has 3 aliphatic heterocycles. The highest BCUT2D eigenvalue weighted by Crippen LogP contribution is 2.49. The highest BCUT2D eigenvalue weighted by Gasteiger charge is 2.51. The molecule has 0 aliphatic carbocycles. The van der Waals surface area contributed by atoms with Crippen molar-refractivity contribution in [3.63, 3.8) is 0 Å². The Morgan fingerprint density at radius 1 is 1.20 bits per heavy atom. The predicted octanol–water partition coefficient (Wildman–Crippen LogP) is 5.07. The Hall–Kier alpha value is -3.45. The van der Waals surface area contributed by atoms with Crippen LogP contribution >= 0.6 is 0 Å². The molecule has 2 saturated heterocycles. The molecule has 1 unspecified atom stereocenters.